The standard InChI is InChI=1S/C20H21N3O5/c24-20(21-13-16-11-14-3-1-2-4-19(14)28-16)17-12-15(23(25)26)5-6-18(17)22-7-9-27-10-8-22/h1-6,12,16H,7-11,13H2,(H,21,24). The number of morpholine rings is 1. The lowest BCUT2D eigenvalue weighted by molar-refractivity contribution is -0.384. The van der Waals surface area contributed by atoms with Crippen LogP contribution in [-0.4, -0.2) is 49.8 Å². The van der Waals surface area contributed by atoms with E-state index in [2.05, 4.69) is 5.32 Å². The summed E-state index contributed by atoms with van der Waals surface area (Å²) in [5.74, 6) is 0.496. The number of para-hydroxylation sites is 1. The van der Waals surface area contributed by atoms with Crippen LogP contribution in [0, 0.1) is 10.1 Å². The molecule has 2 aromatic rings. The molecule has 1 unspecified atom stereocenters. The van der Waals surface area contributed by atoms with E-state index in [1.54, 1.807) is 6.07 Å². The van der Waals surface area contributed by atoms with E-state index in [1.165, 1.54) is 12.1 Å². The summed E-state index contributed by atoms with van der Waals surface area (Å²) in [4.78, 5) is 25.6. The number of non-ortho nitro benzene ring substituents is 1. The second-order valence-electron chi connectivity index (χ2n) is 6.82. The average molecular weight is 383 g/mol. The number of rotatable bonds is 5. The Hall–Kier alpha value is -3.13. The van der Waals surface area contributed by atoms with Crippen LogP contribution in [-0.2, 0) is 11.2 Å². The molecule has 0 radical (unpaired) electrons. The smallest absolute Gasteiger partial charge is 0.270 e. The van der Waals surface area contributed by atoms with Crippen molar-refractivity contribution in [3.05, 3.63) is 63.7 Å². The molecule has 1 fully saturated rings. The fourth-order valence-electron chi connectivity index (χ4n) is 3.57. The van der Waals surface area contributed by atoms with Crippen LogP contribution in [0.3, 0.4) is 0 Å². The molecule has 0 bridgehead atoms. The SMILES string of the molecule is O=C(NCC1Cc2ccccc2O1)c1cc([N+](=O)[O-])ccc1N1CCOCC1. The van der Waals surface area contributed by atoms with Gasteiger partial charge in [0.2, 0.25) is 0 Å². The maximum Gasteiger partial charge on any atom is 0.270 e. The van der Waals surface area contributed by atoms with Gasteiger partial charge in [-0.1, -0.05) is 18.2 Å². The monoisotopic (exact) mass is 383 g/mol. The average Bonchev–Trinajstić information content (AvgIpc) is 3.15. The van der Waals surface area contributed by atoms with Crippen molar-refractivity contribution in [2.75, 3.05) is 37.7 Å². The predicted molar refractivity (Wildman–Crippen MR) is 103 cm³/mol. The minimum Gasteiger partial charge on any atom is -0.488 e. The molecule has 146 valence electrons. The summed E-state index contributed by atoms with van der Waals surface area (Å²) in [7, 11) is 0. The lowest BCUT2D eigenvalue weighted by Crippen LogP contribution is -2.39. The molecule has 0 saturated carbocycles. The molecule has 4 rings (SSSR count). The summed E-state index contributed by atoms with van der Waals surface area (Å²) in [6.07, 6.45) is 0.578. The molecule has 8 nitrogen and oxygen atoms in total. The van der Waals surface area contributed by atoms with Crippen LogP contribution in [0.4, 0.5) is 11.4 Å². The van der Waals surface area contributed by atoms with E-state index < -0.39 is 4.92 Å². The van der Waals surface area contributed by atoms with Crippen LogP contribution in [0.2, 0.25) is 0 Å². The summed E-state index contributed by atoms with van der Waals surface area (Å²) in [5, 5.41) is 14.1. The number of anilines is 1. The number of benzene rings is 2. The number of nitro benzene ring substituents is 1. The lowest BCUT2D eigenvalue weighted by atomic mass is 10.1. The van der Waals surface area contributed by atoms with Crippen LogP contribution in [0.1, 0.15) is 15.9 Å². The highest BCUT2D eigenvalue weighted by atomic mass is 16.6. The topological polar surface area (TPSA) is 93.9 Å². The predicted octanol–water partition coefficient (Wildman–Crippen LogP) is 2.16. The van der Waals surface area contributed by atoms with Crippen molar-refractivity contribution in [2.24, 2.45) is 0 Å². The molecule has 1 atom stereocenters. The van der Waals surface area contributed by atoms with Gasteiger partial charge in [0.05, 0.1) is 35.9 Å². The molecule has 0 spiro atoms. The fraction of sp³-hybridized carbons (Fsp3) is 0.350. The van der Waals surface area contributed by atoms with Crippen LogP contribution in [0.5, 0.6) is 5.75 Å². The molecule has 1 amide bonds. The Morgan fingerprint density at radius 2 is 2.00 bits per heavy atom. The molecule has 28 heavy (non-hydrogen) atoms. The number of hydrogen-bond donors (Lipinski definition) is 1. The van der Waals surface area contributed by atoms with E-state index in [0.717, 1.165) is 17.7 Å². The van der Waals surface area contributed by atoms with E-state index in [9.17, 15) is 14.9 Å². The molecule has 0 aliphatic carbocycles. The Labute approximate surface area is 162 Å². The first-order valence-electron chi connectivity index (χ1n) is 9.26. The Morgan fingerprint density at radius 1 is 1.21 bits per heavy atom. The Kier molecular flexibility index (Phi) is 5.12. The zero-order valence-electron chi connectivity index (χ0n) is 15.3. The zero-order valence-corrected chi connectivity index (χ0v) is 15.3. The minimum absolute atomic E-state index is 0.105. The maximum absolute atomic E-state index is 12.9. The zero-order chi connectivity index (χ0) is 19.5. The molecule has 2 heterocycles. The minimum atomic E-state index is -0.489. The molecule has 1 N–H and O–H groups in total. The summed E-state index contributed by atoms with van der Waals surface area (Å²) >= 11 is 0. The van der Waals surface area contributed by atoms with Gasteiger partial charge < -0.3 is 19.7 Å². The fourth-order valence-corrected chi connectivity index (χ4v) is 3.57. The van der Waals surface area contributed by atoms with Gasteiger partial charge in [0.1, 0.15) is 11.9 Å². The maximum atomic E-state index is 12.9. The summed E-state index contributed by atoms with van der Waals surface area (Å²) in [5.41, 5.74) is 1.99. The summed E-state index contributed by atoms with van der Waals surface area (Å²) in [6, 6.07) is 12.2. The third kappa shape index (κ3) is 3.77. The number of ether oxygens (including phenoxy) is 2. The van der Waals surface area contributed by atoms with E-state index in [4.69, 9.17) is 9.47 Å². The first kappa shape index (κ1) is 18.2. The normalized spacial score (nSPS) is 18.3. The molecule has 2 aliphatic heterocycles. The van der Waals surface area contributed by atoms with E-state index in [1.807, 2.05) is 29.2 Å². The highest BCUT2D eigenvalue weighted by Crippen LogP contribution is 2.29. The number of amides is 1. The number of nitro groups is 1. The molecular formula is C20H21N3O5. The van der Waals surface area contributed by atoms with Crippen LogP contribution in [0.25, 0.3) is 0 Å². The number of carbonyl (C=O) groups is 1. The second-order valence-corrected chi connectivity index (χ2v) is 6.82. The summed E-state index contributed by atoms with van der Waals surface area (Å²) < 4.78 is 11.2. The van der Waals surface area contributed by atoms with Crippen molar-refractivity contribution in [3.8, 4) is 5.75 Å². The molecule has 2 aliphatic rings. The highest BCUT2D eigenvalue weighted by molar-refractivity contribution is 6.00. The van der Waals surface area contributed by atoms with Gasteiger partial charge >= 0.3 is 0 Å². The van der Waals surface area contributed by atoms with E-state index in [0.29, 0.717) is 44.1 Å². The van der Waals surface area contributed by atoms with Crippen molar-refractivity contribution in [1.29, 1.82) is 0 Å². The quantitative estimate of drug-likeness (QED) is 0.628. The summed E-state index contributed by atoms with van der Waals surface area (Å²) in [6.45, 7) is 2.73. The van der Waals surface area contributed by atoms with Gasteiger partial charge in [-0.15, -0.1) is 0 Å². The van der Waals surface area contributed by atoms with Gasteiger partial charge in [-0.3, -0.25) is 14.9 Å². The number of fused-ring (bicyclic) bond motifs is 1. The van der Waals surface area contributed by atoms with E-state index >= 15 is 0 Å². The van der Waals surface area contributed by atoms with Gasteiger partial charge in [0.15, 0.2) is 0 Å². The van der Waals surface area contributed by atoms with Crippen molar-refractivity contribution >= 4 is 17.3 Å². The number of nitrogens with one attached hydrogen (secondary N) is 1. The molecule has 1 saturated heterocycles. The number of nitrogens with zero attached hydrogens (tertiary/aromatic N) is 2. The third-order valence-electron chi connectivity index (χ3n) is 4.99. The van der Waals surface area contributed by atoms with Gasteiger partial charge in [-0.25, -0.2) is 0 Å². The molecule has 8 heteroatoms. The Morgan fingerprint density at radius 3 is 2.75 bits per heavy atom. The van der Waals surface area contributed by atoms with Gasteiger partial charge in [0.25, 0.3) is 11.6 Å². The largest absolute Gasteiger partial charge is 0.488 e. The third-order valence-corrected chi connectivity index (χ3v) is 4.99. The second kappa shape index (κ2) is 7.85. The van der Waals surface area contributed by atoms with Crippen molar-refractivity contribution in [1.82, 2.24) is 5.32 Å². The first-order valence-corrected chi connectivity index (χ1v) is 9.26. The molecular weight excluding hydrogens is 362 g/mol. The van der Waals surface area contributed by atoms with Crippen molar-refractivity contribution < 1.29 is 19.2 Å². The lowest BCUT2D eigenvalue weighted by Gasteiger charge is -2.30. The number of hydrogen-bond acceptors (Lipinski definition) is 6. The van der Waals surface area contributed by atoms with Crippen LogP contribution >= 0.6 is 0 Å². The van der Waals surface area contributed by atoms with Gasteiger partial charge in [0, 0.05) is 31.6 Å². The Bertz CT molecular complexity index is 870. The van der Waals surface area contributed by atoms with Gasteiger partial charge in [-0.2, -0.15) is 0 Å². The van der Waals surface area contributed by atoms with Crippen molar-refractivity contribution in [2.45, 2.75) is 12.5 Å². The van der Waals surface area contributed by atoms with Crippen molar-refractivity contribution in [3.63, 3.8) is 0 Å². The highest BCUT2D eigenvalue weighted by Gasteiger charge is 2.25. The molecule has 2 aromatic carbocycles. The van der Waals surface area contributed by atoms with E-state index in [-0.39, 0.29) is 17.7 Å². The number of carbonyl (C=O) groups excluding carboxylic acids is 1. The van der Waals surface area contributed by atoms with Gasteiger partial charge in [-0.05, 0) is 17.7 Å². The Balaban J connectivity index is 1.49. The van der Waals surface area contributed by atoms with Crippen LogP contribution < -0.4 is 15.0 Å². The molecule has 0 aromatic heterocycles. The van der Waals surface area contributed by atoms with Crippen LogP contribution in [0.15, 0.2) is 42.5 Å². The first-order chi connectivity index (χ1) is 13.6.